The van der Waals surface area contributed by atoms with Crippen molar-refractivity contribution in [1.82, 2.24) is 0 Å². The molecule has 0 saturated heterocycles. The number of hydrogen-bond acceptors (Lipinski definition) is 5. The molecule has 0 heterocycles. The average Bonchev–Trinajstić information content (AvgIpc) is 2.98. The number of aliphatic hydroxyl groups is 1. The fourth-order valence-electron chi connectivity index (χ4n) is 7.77. The van der Waals surface area contributed by atoms with Crippen LogP contribution in [0.2, 0.25) is 0 Å². The van der Waals surface area contributed by atoms with E-state index in [0.717, 1.165) is 6.42 Å². The zero-order valence-corrected chi connectivity index (χ0v) is 19.5. The normalized spacial score (nSPS) is 44.9. The Morgan fingerprint density at radius 1 is 1.28 bits per heavy atom. The Labute approximate surface area is 189 Å². The first-order chi connectivity index (χ1) is 15.0. The van der Waals surface area contributed by atoms with Gasteiger partial charge in [0.15, 0.2) is 5.78 Å². The lowest BCUT2D eigenvalue weighted by atomic mass is 9.46. The first kappa shape index (κ1) is 23.3. The fraction of sp³-hybridized carbons (Fsp3) is 0.731. The Kier molecular flexibility index (Phi) is 5.98. The molecule has 0 aromatic heterocycles. The lowest BCUT2D eigenvalue weighted by molar-refractivity contribution is -0.162. The molecule has 0 amide bonds. The number of hydrogen-bond donors (Lipinski definition) is 1. The zero-order valence-electron chi connectivity index (χ0n) is 19.5. The molecule has 4 aliphatic rings. The summed E-state index contributed by atoms with van der Waals surface area (Å²) >= 11 is 0. The highest BCUT2D eigenvalue weighted by molar-refractivity contribution is 6.34. The molecule has 6 heteroatoms. The van der Waals surface area contributed by atoms with Gasteiger partial charge in [0.1, 0.15) is 6.17 Å². The van der Waals surface area contributed by atoms with Crippen LogP contribution < -0.4 is 0 Å². The number of alkyl halides is 1. The Hall–Kier alpha value is -1.82. The molecule has 0 radical (unpaired) electrons. The molecule has 9 atom stereocenters. The van der Waals surface area contributed by atoms with Crippen LogP contribution in [0.25, 0.3) is 0 Å². The Morgan fingerprint density at radius 3 is 2.69 bits per heavy atom. The minimum atomic E-state index is -1.26. The third-order valence-electron chi connectivity index (χ3n) is 9.03. The molecule has 1 N–H and O–H groups in total. The molecule has 5 nitrogen and oxygen atoms in total. The van der Waals surface area contributed by atoms with Gasteiger partial charge in [-0.25, -0.2) is 9.18 Å². The lowest BCUT2D eigenvalue weighted by Crippen LogP contribution is -2.58. The minimum absolute atomic E-state index is 0.0194. The summed E-state index contributed by atoms with van der Waals surface area (Å²) in [5.74, 6) is -2.42. The van der Waals surface area contributed by atoms with Crippen LogP contribution in [-0.2, 0) is 19.1 Å². The number of ether oxygens (including phenoxy) is 1. The van der Waals surface area contributed by atoms with E-state index in [1.807, 2.05) is 27.7 Å². The van der Waals surface area contributed by atoms with Gasteiger partial charge in [-0.1, -0.05) is 40.2 Å². The molecule has 0 aromatic rings. The largest absolute Gasteiger partial charge is 0.460 e. The molecule has 4 aliphatic carbocycles. The number of unbranched alkanes of at least 4 members (excludes halogenated alkanes) is 1. The second kappa shape index (κ2) is 8.19. The maximum absolute atomic E-state index is 15.4. The van der Waals surface area contributed by atoms with Gasteiger partial charge < -0.3 is 9.84 Å². The van der Waals surface area contributed by atoms with Crippen molar-refractivity contribution >= 4 is 17.5 Å². The van der Waals surface area contributed by atoms with Crippen molar-refractivity contribution in [2.24, 2.45) is 40.4 Å². The minimum Gasteiger partial charge on any atom is -0.460 e. The molecule has 3 saturated carbocycles. The second-order valence-corrected chi connectivity index (χ2v) is 10.9. The molecule has 32 heavy (non-hydrogen) atoms. The number of ketones is 2. The van der Waals surface area contributed by atoms with E-state index >= 15 is 4.39 Å². The van der Waals surface area contributed by atoms with Gasteiger partial charge in [-0.05, 0) is 66.6 Å². The van der Waals surface area contributed by atoms with Gasteiger partial charge in [0.2, 0.25) is 5.78 Å². The van der Waals surface area contributed by atoms with E-state index < -0.39 is 40.8 Å². The number of aliphatic hydroxyl groups excluding tert-OH is 1. The van der Waals surface area contributed by atoms with Crippen LogP contribution in [0.1, 0.15) is 59.8 Å². The van der Waals surface area contributed by atoms with Gasteiger partial charge in [0.05, 0.1) is 12.7 Å². The van der Waals surface area contributed by atoms with E-state index in [0.29, 0.717) is 24.8 Å². The van der Waals surface area contributed by atoms with Crippen molar-refractivity contribution < 1.29 is 28.6 Å². The van der Waals surface area contributed by atoms with Gasteiger partial charge in [-0.2, -0.15) is 0 Å². The lowest BCUT2D eigenvalue weighted by Gasteiger charge is -2.59. The monoisotopic (exact) mass is 446 g/mol. The molecule has 0 aromatic carbocycles. The summed E-state index contributed by atoms with van der Waals surface area (Å²) in [4.78, 5) is 37.6. The highest BCUT2D eigenvalue weighted by Gasteiger charge is 2.66. The van der Waals surface area contributed by atoms with Crippen LogP contribution in [-0.4, -0.2) is 41.5 Å². The second-order valence-electron chi connectivity index (χ2n) is 10.9. The topological polar surface area (TPSA) is 80.7 Å². The number of rotatable bonds is 5. The van der Waals surface area contributed by atoms with Gasteiger partial charge in [-0.3, -0.25) is 9.59 Å². The molecule has 0 spiro atoms. The molecule has 5 unspecified atom stereocenters. The summed E-state index contributed by atoms with van der Waals surface area (Å²) in [6.07, 6.45) is 5.56. The van der Waals surface area contributed by atoms with Crippen LogP contribution >= 0.6 is 0 Å². The standard InChI is InChI=1S/C26H35FO5/c1-5-6-9-32-24(31)23(30)21-14(2)10-17-16-12-19(27)18-11-15(28)7-8-25(18,3)22(16)20(29)13-26(17,21)4/h7-8,11,14,16-17,19-22,29H,5-6,9-10,12-13H2,1-4H3/t14-,16?,17+,19+,20+,21?,22?,25?,26?/m1/s1. The van der Waals surface area contributed by atoms with Crippen LogP contribution in [0.5, 0.6) is 0 Å². The smallest absolute Gasteiger partial charge is 0.374 e. The fourth-order valence-corrected chi connectivity index (χ4v) is 7.77. The molecule has 0 aliphatic heterocycles. The van der Waals surface area contributed by atoms with E-state index in [4.69, 9.17) is 4.74 Å². The summed E-state index contributed by atoms with van der Waals surface area (Å²) in [7, 11) is 0. The van der Waals surface area contributed by atoms with Crippen LogP contribution in [0, 0.1) is 40.4 Å². The van der Waals surface area contributed by atoms with E-state index in [1.165, 1.54) is 12.2 Å². The first-order valence-electron chi connectivity index (χ1n) is 12.0. The van der Waals surface area contributed by atoms with Crippen molar-refractivity contribution in [3.05, 3.63) is 23.8 Å². The Balaban J connectivity index is 1.65. The number of halogens is 1. The third-order valence-corrected chi connectivity index (χ3v) is 9.03. The number of fused-ring (bicyclic) bond motifs is 5. The third kappa shape index (κ3) is 3.41. The molecule has 0 bridgehead atoms. The van der Waals surface area contributed by atoms with E-state index in [9.17, 15) is 19.5 Å². The molecule has 3 fully saturated rings. The van der Waals surface area contributed by atoms with Crippen LogP contribution in [0.4, 0.5) is 4.39 Å². The summed E-state index contributed by atoms with van der Waals surface area (Å²) in [6, 6.07) is 0. The molecule has 176 valence electrons. The molecular weight excluding hydrogens is 411 g/mol. The Bertz CT molecular complexity index is 877. The van der Waals surface area contributed by atoms with E-state index in [1.54, 1.807) is 6.08 Å². The number of esters is 1. The predicted molar refractivity (Wildman–Crippen MR) is 117 cm³/mol. The van der Waals surface area contributed by atoms with Gasteiger partial charge in [-0.15, -0.1) is 0 Å². The highest BCUT2D eigenvalue weighted by Crippen LogP contribution is 2.67. The van der Waals surface area contributed by atoms with Crippen molar-refractivity contribution in [3.63, 3.8) is 0 Å². The van der Waals surface area contributed by atoms with Crippen molar-refractivity contribution in [3.8, 4) is 0 Å². The highest BCUT2D eigenvalue weighted by atomic mass is 19.1. The van der Waals surface area contributed by atoms with Crippen LogP contribution in [0.15, 0.2) is 23.8 Å². The SMILES string of the molecule is CCCCOC(=O)C(=O)C1[C@H](C)C[C@H]2C3C[C@H](F)C4=CC(=O)C=CC4(C)C3[C@@H](O)CC12C. The average molecular weight is 447 g/mol. The van der Waals surface area contributed by atoms with Gasteiger partial charge in [0, 0.05) is 17.3 Å². The number of allylic oxidation sites excluding steroid dienone is 4. The maximum atomic E-state index is 15.4. The van der Waals surface area contributed by atoms with Gasteiger partial charge >= 0.3 is 5.97 Å². The number of carbonyl (C=O) groups excluding carboxylic acids is 3. The van der Waals surface area contributed by atoms with E-state index in [2.05, 4.69) is 0 Å². The first-order valence-corrected chi connectivity index (χ1v) is 12.0. The predicted octanol–water partition coefficient (Wildman–Crippen LogP) is 3.99. The van der Waals surface area contributed by atoms with Crippen molar-refractivity contribution in [1.29, 1.82) is 0 Å². The molecular formula is C26H35FO5. The maximum Gasteiger partial charge on any atom is 0.374 e. The van der Waals surface area contributed by atoms with Gasteiger partial charge in [0.25, 0.3) is 0 Å². The summed E-state index contributed by atoms with van der Waals surface area (Å²) < 4.78 is 20.6. The summed E-state index contributed by atoms with van der Waals surface area (Å²) in [6.45, 7) is 8.11. The van der Waals surface area contributed by atoms with Crippen molar-refractivity contribution in [2.75, 3.05) is 6.61 Å². The number of Topliss-reactive ketones (excluding diaryl/α,β-unsaturated/α-hetero) is 1. The molecule has 4 rings (SSSR count). The zero-order chi connectivity index (χ0) is 23.4. The van der Waals surface area contributed by atoms with Crippen molar-refractivity contribution in [2.45, 2.75) is 72.1 Å². The quantitative estimate of drug-likeness (QED) is 0.392. The Morgan fingerprint density at radius 2 is 2.00 bits per heavy atom. The van der Waals surface area contributed by atoms with E-state index in [-0.39, 0.29) is 42.5 Å². The number of carbonyl (C=O) groups is 3. The summed E-state index contributed by atoms with van der Waals surface area (Å²) in [5.41, 5.74) is -0.847. The van der Waals surface area contributed by atoms with Crippen LogP contribution in [0.3, 0.4) is 0 Å². The summed E-state index contributed by atoms with van der Waals surface area (Å²) in [5, 5.41) is 11.4.